The molecule has 0 aliphatic heterocycles. The van der Waals surface area contributed by atoms with Gasteiger partial charge in [-0.2, -0.15) is 5.10 Å². The number of phenols is 1. The van der Waals surface area contributed by atoms with Crippen LogP contribution in [0.25, 0.3) is 10.9 Å². The van der Waals surface area contributed by atoms with Crippen LogP contribution in [0.15, 0.2) is 53.8 Å². The number of hydrogen-bond acceptors (Lipinski definition) is 4. The molecule has 0 spiro atoms. The van der Waals surface area contributed by atoms with Gasteiger partial charge in [0.05, 0.1) is 24.4 Å². The molecule has 1 aromatic heterocycles. The van der Waals surface area contributed by atoms with Gasteiger partial charge in [-0.05, 0) is 30.3 Å². The molecule has 2 aromatic carbocycles. The predicted molar refractivity (Wildman–Crippen MR) is 88.0 cm³/mol. The van der Waals surface area contributed by atoms with Gasteiger partial charge in [0, 0.05) is 17.1 Å². The van der Waals surface area contributed by atoms with Gasteiger partial charge in [-0.15, -0.1) is 0 Å². The molecular formula is C17H15N3O3. The number of carbonyl (C=O) groups excluding carboxylic acids is 1. The van der Waals surface area contributed by atoms with E-state index < -0.39 is 0 Å². The second-order valence-corrected chi connectivity index (χ2v) is 4.87. The van der Waals surface area contributed by atoms with Gasteiger partial charge in [0.2, 0.25) is 0 Å². The average Bonchev–Trinajstić information content (AvgIpc) is 3.05. The molecule has 0 unspecified atom stereocenters. The first kappa shape index (κ1) is 14.6. The molecule has 0 fully saturated rings. The Labute approximate surface area is 132 Å². The number of fused-ring (bicyclic) bond motifs is 1. The zero-order valence-corrected chi connectivity index (χ0v) is 12.4. The van der Waals surface area contributed by atoms with Gasteiger partial charge < -0.3 is 14.8 Å². The van der Waals surface area contributed by atoms with Gasteiger partial charge in [0.25, 0.3) is 5.91 Å². The minimum absolute atomic E-state index is 0.0512. The second kappa shape index (κ2) is 6.23. The molecule has 0 saturated heterocycles. The Kier molecular flexibility index (Phi) is 3.97. The Morgan fingerprint density at radius 2 is 2.17 bits per heavy atom. The van der Waals surface area contributed by atoms with Crippen molar-refractivity contribution in [2.75, 3.05) is 7.11 Å². The van der Waals surface area contributed by atoms with E-state index in [4.69, 9.17) is 4.74 Å². The zero-order valence-electron chi connectivity index (χ0n) is 12.4. The molecule has 0 aliphatic carbocycles. The zero-order chi connectivity index (χ0) is 16.2. The van der Waals surface area contributed by atoms with Crippen molar-refractivity contribution in [2.45, 2.75) is 0 Å². The molecule has 6 nitrogen and oxygen atoms in total. The average molecular weight is 309 g/mol. The standard InChI is InChI=1S/C17H15N3O3/c1-23-13-5-6-15(21)12(9-13)10-19-20-17(22)14-4-2-3-11-7-8-18-16(11)14/h2-10,18,21H,1H3,(H,20,22). The lowest BCUT2D eigenvalue weighted by molar-refractivity contribution is 0.0956. The fraction of sp³-hybridized carbons (Fsp3) is 0.0588. The van der Waals surface area contributed by atoms with E-state index in [9.17, 15) is 9.90 Å². The van der Waals surface area contributed by atoms with Crippen LogP contribution in [0, 0.1) is 0 Å². The molecule has 3 N–H and O–H groups in total. The molecule has 116 valence electrons. The van der Waals surface area contributed by atoms with Gasteiger partial charge in [0.1, 0.15) is 11.5 Å². The predicted octanol–water partition coefficient (Wildman–Crippen LogP) is 2.65. The first-order chi connectivity index (χ1) is 11.2. The van der Waals surface area contributed by atoms with Crippen LogP contribution < -0.4 is 10.2 Å². The second-order valence-electron chi connectivity index (χ2n) is 4.87. The number of H-pyrrole nitrogens is 1. The summed E-state index contributed by atoms with van der Waals surface area (Å²) in [6.45, 7) is 0. The van der Waals surface area contributed by atoms with E-state index in [0.29, 0.717) is 16.9 Å². The quantitative estimate of drug-likeness (QED) is 0.511. The third kappa shape index (κ3) is 3.01. The molecule has 3 aromatic rings. The lowest BCUT2D eigenvalue weighted by Crippen LogP contribution is -2.18. The molecule has 3 rings (SSSR count). The third-order valence-corrected chi connectivity index (χ3v) is 3.44. The molecule has 0 bridgehead atoms. The number of hydrogen-bond donors (Lipinski definition) is 3. The molecule has 0 saturated carbocycles. The maximum atomic E-state index is 12.2. The normalized spacial score (nSPS) is 11.0. The Morgan fingerprint density at radius 3 is 3.00 bits per heavy atom. The van der Waals surface area contributed by atoms with Crippen LogP contribution in [0.5, 0.6) is 11.5 Å². The van der Waals surface area contributed by atoms with Crippen molar-refractivity contribution < 1.29 is 14.6 Å². The highest BCUT2D eigenvalue weighted by atomic mass is 16.5. The van der Waals surface area contributed by atoms with Gasteiger partial charge in [-0.25, -0.2) is 5.43 Å². The van der Waals surface area contributed by atoms with E-state index >= 15 is 0 Å². The van der Waals surface area contributed by atoms with Crippen LogP contribution in [0.3, 0.4) is 0 Å². The number of aromatic amines is 1. The first-order valence-electron chi connectivity index (χ1n) is 6.95. The van der Waals surface area contributed by atoms with Crippen molar-refractivity contribution >= 4 is 23.0 Å². The summed E-state index contributed by atoms with van der Waals surface area (Å²) in [5.74, 6) is 0.304. The summed E-state index contributed by atoms with van der Waals surface area (Å²) >= 11 is 0. The number of carbonyl (C=O) groups is 1. The van der Waals surface area contributed by atoms with Gasteiger partial charge in [-0.3, -0.25) is 4.79 Å². The fourth-order valence-corrected chi connectivity index (χ4v) is 2.26. The SMILES string of the molecule is COc1ccc(O)c(C=NNC(=O)c2cccc3cc[nH]c23)c1. The van der Waals surface area contributed by atoms with Crippen LogP contribution >= 0.6 is 0 Å². The van der Waals surface area contributed by atoms with Crippen LogP contribution in [0.4, 0.5) is 0 Å². The highest BCUT2D eigenvalue weighted by Crippen LogP contribution is 2.21. The highest BCUT2D eigenvalue weighted by molar-refractivity contribution is 6.05. The fourth-order valence-electron chi connectivity index (χ4n) is 2.26. The lowest BCUT2D eigenvalue weighted by atomic mass is 10.1. The van der Waals surface area contributed by atoms with Gasteiger partial charge in [-0.1, -0.05) is 12.1 Å². The Bertz CT molecular complexity index is 884. The molecule has 1 amide bonds. The van der Waals surface area contributed by atoms with Crippen molar-refractivity contribution in [3.63, 3.8) is 0 Å². The number of para-hydroxylation sites is 1. The molecule has 0 radical (unpaired) electrons. The van der Waals surface area contributed by atoms with E-state index in [-0.39, 0.29) is 11.7 Å². The van der Waals surface area contributed by atoms with Crippen LogP contribution in [0.2, 0.25) is 0 Å². The Hall–Kier alpha value is -3.28. The summed E-state index contributed by atoms with van der Waals surface area (Å²) in [6.07, 6.45) is 3.14. The third-order valence-electron chi connectivity index (χ3n) is 3.44. The minimum Gasteiger partial charge on any atom is -0.507 e. The van der Waals surface area contributed by atoms with E-state index in [1.54, 1.807) is 24.4 Å². The van der Waals surface area contributed by atoms with E-state index in [0.717, 1.165) is 10.9 Å². The van der Waals surface area contributed by atoms with Crippen molar-refractivity contribution in [2.24, 2.45) is 5.10 Å². The van der Waals surface area contributed by atoms with Crippen LogP contribution in [-0.4, -0.2) is 29.3 Å². The monoisotopic (exact) mass is 309 g/mol. The number of rotatable bonds is 4. The number of ether oxygens (including phenoxy) is 1. The lowest BCUT2D eigenvalue weighted by Gasteiger charge is -2.04. The van der Waals surface area contributed by atoms with Gasteiger partial charge in [0.15, 0.2) is 0 Å². The minimum atomic E-state index is -0.336. The molecule has 6 heteroatoms. The number of nitrogens with zero attached hydrogens (tertiary/aromatic N) is 1. The molecule has 1 heterocycles. The molecule has 0 atom stereocenters. The smallest absolute Gasteiger partial charge is 0.273 e. The van der Waals surface area contributed by atoms with Crippen molar-refractivity contribution in [3.05, 3.63) is 59.8 Å². The molecular weight excluding hydrogens is 294 g/mol. The molecule has 23 heavy (non-hydrogen) atoms. The summed E-state index contributed by atoms with van der Waals surface area (Å²) in [6, 6.07) is 12.1. The number of phenolic OH excluding ortho intramolecular Hbond substituents is 1. The number of nitrogens with one attached hydrogen (secondary N) is 2. The van der Waals surface area contributed by atoms with Gasteiger partial charge >= 0.3 is 0 Å². The Balaban J connectivity index is 1.78. The summed E-state index contributed by atoms with van der Waals surface area (Å²) in [5, 5.41) is 14.6. The number of aromatic hydroxyl groups is 1. The molecule has 0 aliphatic rings. The maximum absolute atomic E-state index is 12.2. The summed E-state index contributed by atoms with van der Waals surface area (Å²) in [7, 11) is 1.53. The first-order valence-corrected chi connectivity index (χ1v) is 6.95. The van der Waals surface area contributed by atoms with Crippen LogP contribution in [0.1, 0.15) is 15.9 Å². The van der Waals surface area contributed by atoms with Crippen LogP contribution in [-0.2, 0) is 0 Å². The van der Waals surface area contributed by atoms with E-state index in [1.807, 2.05) is 18.2 Å². The van der Waals surface area contributed by atoms with E-state index in [2.05, 4.69) is 15.5 Å². The van der Waals surface area contributed by atoms with Crippen molar-refractivity contribution in [3.8, 4) is 11.5 Å². The topological polar surface area (TPSA) is 86.7 Å². The number of hydrazone groups is 1. The highest BCUT2D eigenvalue weighted by Gasteiger charge is 2.09. The summed E-state index contributed by atoms with van der Waals surface area (Å²) in [4.78, 5) is 15.3. The largest absolute Gasteiger partial charge is 0.507 e. The maximum Gasteiger partial charge on any atom is 0.273 e. The van der Waals surface area contributed by atoms with Crippen molar-refractivity contribution in [1.82, 2.24) is 10.4 Å². The number of amides is 1. The van der Waals surface area contributed by atoms with Crippen molar-refractivity contribution in [1.29, 1.82) is 0 Å². The number of benzene rings is 2. The number of methoxy groups -OCH3 is 1. The Morgan fingerprint density at radius 1 is 1.30 bits per heavy atom. The van der Waals surface area contributed by atoms with E-state index in [1.165, 1.54) is 19.4 Å². The summed E-state index contributed by atoms with van der Waals surface area (Å²) in [5.41, 5.74) is 4.15. The number of aromatic nitrogens is 1. The summed E-state index contributed by atoms with van der Waals surface area (Å²) < 4.78 is 5.08.